The highest BCUT2D eigenvalue weighted by Gasteiger charge is 2.07. The van der Waals surface area contributed by atoms with Crippen molar-refractivity contribution in [2.45, 2.75) is 32.4 Å². The van der Waals surface area contributed by atoms with Gasteiger partial charge in [-0.15, -0.1) is 0 Å². The van der Waals surface area contributed by atoms with Gasteiger partial charge in [0.1, 0.15) is 18.2 Å². The zero-order valence-corrected chi connectivity index (χ0v) is 12.6. The highest BCUT2D eigenvalue weighted by atomic mass is 35.5. The molecule has 1 aromatic heterocycles. The van der Waals surface area contributed by atoms with Crippen molar-refractivity contribution in [2.75, 3.05) is 0 Å². The number of benzene rings is 1. The summed E-state index contributed by atoms with van der Waals surface area (Å²) in [5, 5.41) is 0.0955. The molecule has 0 radical (unpaired) electrons. The average molecular weight is 309 g/mol. The van der Waals surface area contributed by atoms with Gasteiger partial charge in [0.2, 0.25) is 0 Å². The van der Waals surface area contributed by atoms with Crippen LogP contribution in [-0.4, -0.2) is 11.0 Å². The second-order valence-electron chi connectivity index (χ2n) is 4.86. The highest BCUT2D eigenvalue weighted by Crippen LogP contribution is 2.20. The van der Waals surface area contributed by atoms with E-state index < -0.39 is 5.82 Å². The fourth-order valence-electron chi connectivity index (χ4n) is 1.85. The Morgan fingerprint density at radius 2 is 2.14 bits per heavy atom. The molecule has 1 aromatic carbocycles. The third-order valence-corrected chi connectivity index (χ3v) is 3.51. The van der Waals surface area contributed by atoms with E-state index in [4.69, 9.17) is 22.1 Å². The van der Waals surface area contributed by atoms with Crippen molar-refractivity contribution in [1.29, 1.82) is 0 Å². The zero-order valence-electron chi connectivity index (χ0n) is 11.9. The molecule has 112 valence electrons. The van der Waals surface area contributed by atoms with Gasteiger partial charge in [0.25, 0.3) is 0 Å². The maximum atomic E-state index is 13.7. The van der Waals surface area contributed by atoms with Crippen molar-refractivity contribution < 1.29 is 9.13 Å². The second kappa shape index (κ2) is 7.38. The minimum atomic E-state index is -0.447. The predicted molar refractivity (Wildman–Crippen MR) is 81.9 cm³/mol. The summed E-state index contributed by atoms with van der Waals surface area (Å²) in [6, 6.07) is 8.64. The molecule has 21 heavy (non-hydrogen) atoms. The van der Waals surface area contributed by atoms with Crippen LogP contribution in [-0.2, 0) is 13.0 Å². The summed E-state index contributed by atoms with van der Waals surface area (Å²) in [6.45, 7) is 2.16. The van der Waals surface area contributed by atoms with Crippen LogP contribution in [0.3, 0.4) is 0 Å². The molecule has 0 amide bonds. The Labute approximate surface area is 128 Å². The standard InChI is InChI=1S/C16H18ClFN2O/c1-2-12(19)8-13-6-7-14(9-20-13)21-10-11-4-3-5-15(17)16(11)18/h3-7,9,12H,2,8,10,19H2,1H3. The van der Waals surface area contributed by atoms with Gasteiger partial charge in [-0.05, 0) is 24.6 Å². The fourth-order valence-corrected chi connectivity index (χ4v) is 2.05. The summed E-state index contributed by atoms with van der Waals surface area (Å²) >= 11 is 5.72. The van der Waals surface area contributed by atoms with Gasteiger partial charge < -0.3 is 10.5 Å². The molecule has 5 heteroatoms. The van der Waals surface area contributed by atoms with Crippen LogP contribution in [0.25, 0.3) is 0 Å². The molecule has 0 saturated heterocycles. The normalized spacial score (nSPS) is 12.2. The lowest BCUT2D eigenvalue weighted by atomic mass is 10.1. The zero-order chi connectivity index (χ0) is 15.2. The van der Waals surface area contributed by atoms with Gasteiger partial charge in [0.15, 0.2) is 0 Å². The Bertz CT molecular complexity index is 589. The van der Waals surface area contributed by atoms with Crippen molar-refractivity contribution >= 4 is 11.6 Å². The van der Waals surface area contributed by atoms with Gasteiger partial charge in [0, 0.05) is 23.7 Å². The molecule has 0 bridgehead atoms. The van der Waals surface area contributed by atoms with Crippen LogP contribution in [0.4, 0.5) is 4.39 Å². The summed E-state index contributed by atoms with van der Waals surface area (Å²) in [7, 11) is 0. The molecule has 2 N–H and O–H groups in total. The molecule has 0 saturated carbocycles. The number of ether oxygens (including phenoxy) is 1. The number of nitrogens with two attached hydrogens (primary N) is 1. The topological polar surface area (TPSA) is 48.1 Å². The van der Waals surface area contributed by atoms with E-state index in [1.165, 1.54) is 6.07 Å². The maximum absolute atomic E-state index is 13.7. The van der Waals surface area contributed by atoms with Gasteiger partial charge in [-0.25, -0.2) is 4.39 Å². The fraction of sp³-hybridized carbons (Fsp3) is 0.312. The van der Waals surface area contributed by atoms with Crippen LogP contribution >= 0.6 is 11.6 Å². The molecule has 1 heterocycles. The first-order valence-corrected chi connectivity index (χ1v) is 7.24. The third-order valence-electron chi connectivity index (χ3n) is 3.22. The molecule has 0 fully saturated rings. The van der Waals surface area contributed by atoms with Crippen LogP contribution in [0.2, 0.25) is 5.02 Å². The summed E-state index contributed by atoms with van der Waals surface area (Å²) in [5.41, 5.74) is 7.22. The molecule has 1 atom stereocenters. The van der Waals surface area contributed by atoms with Crippen LogP contribution in [0.5, 0.6) is 5.75 Å². The van der Waals surface area contributed by atoms with Crippen LogP contribution in [0.15, 0.2) is 36.5 Å². The molecule has 0 aliphatic carbocycles. The Kier molecular flexibility index (Phi) is 5.53. The van der Waals surface area contributed by atoms with Crippen molar-refractivity contribution in [2.24, 2.45) is 5.73 Å². The Hall–Kier alpha value is -1.65. The first-order valence-electron chi connectivity index (χ1n) is 6.86. The number of hydrogen-bond donors (Lipinski definition) is 1. The highest BCUT2D eigenvalue weighted by molar-refractivity contribution is 6.30. The summed E-state index contributed by atoms with van der Waals surface area (Å²) in [6.07, 6.45) is 3.27. The molecular weight excluding hydrogens is 291 g/mol. The van der Waals surface area contributed by atoms with E-state index in [2.05, 4.69) is 4.98 Å². The molecule has 0 aliphatic rings. The third kappa shape index (κ3) is 4.41. The van der Waals surface area contributed by atoms with E-state index in [1.807, 2.05) is 19.1 Å². The largest absolute Gasteiger partial charge is 0.487 e. The second-order valence-corrected chi connectivity index (χ2v) is 5.27. The van der Waals surface area contributed by atoms with Crippen LogP contribution in [0, 0.1) is 5.82 Å². The van der Waals surface area contributed by atoms with E-state index in [9.17, 15) is 4.39 Å². The number of nitrogens with zero attached hydrogens (tertiary/aromatic N) is 1. The number of rotatable bonds is 6. The minimum absolute atomic E-state index is 0.0955. The van der Waals surface area contributed by atoms with E-state index in [0.29, 0.717) is 11.3 Å². The molecule has 3 nitrogen and oxygen atoms in total. The summed E-state index contributed by atoms with van der Waals surface area (Å²) < 4.78 is 19.2. The van der Waals surface area contributed by atoms with Crippen molar-refractivity contribution in [1.82, 2.24) is 4.98 Å². The molecule has 2 rings (SSSR count). The van der Waals surface area contributed by atoms with Crippen molar-refractivity contribution in [3.05, 3.63) is 58.6 Å². The number of aromatic nitrogens is 1. The average Bonchev–Trinajstić information content (AvgIpc) is 2.50. The molecule has 1 unspecified atom stereocenters. The van der Waals surface area contributed by atoms with Gasteiger partial charge in [-0.1, -0.05) is 30.7 Å². The summed E-state index contributed by atoms with van der Waals surface area (Å²) in [5.74, 6) is 0.140. The molecule has 0 spiro atoms. The smallest absolute Gasteiger partial charge is 0.148 e. The van der Waals surface area contributed by atoms with E-state index >= 15 is 0 Å². The maximum Gasteiger partial charge on any atom is 0.148 e. The van der Waals surface area contributed by atoms with Gasteiger partial charge in [0.05, 0.1) is 11.2 Å². The molecule has 2 aromatic rings. The monoisotopic (exact) mass is 308 g/mol. The number of hydrogen-bond acceptors (Lipinski definition) is 3. The van der Waals surface area contributed by atoms with E-state index in [-0.39, 0.29) is 17.7 Å². The lowest BCUT2D eigenvalue weighted by Crippen LogP contribution is -2.21. The van der Waals surface area contributed by atoms with Crippen molar-refractivity contribution in [3.63, 3.8) is 0 Å². The number of pyridine rings is 1. The van der Waals surface area contributed by atoms with Crippen molar-refractivity contribution in [3.8, 4) is 5.75 Å². The lowest BCUT2D eigenvalue weighted by Gasteiger charge is -2.10. The Morgan fingerprint density at radius 3 is 2.81 bits per heavy atom. The quantitative estimate of drug-likeness (QED) is 0.884. The number of halogens is 2. The Balaban J connectivity index is 1.96. The van der Waals surface area contributed by atoms with E-state index in [0.717, 1.165) is 18.5 Å². The molecular formula is C16H18ClFN2O. The van der Waals surface area contributed by atoms with Gasteiger partial charge >= 0.3 is 0 Å². The van der Waals surface area contributed by atoms with Crippen LogP contribution in [0.1, 0.15) is 24.6 Å². The first-order chi connectivity index (χ1) is 10.1. The summed E-state index contributed by atoms with van der Waals surface area (Å²) in [4.78, 5) is 4.29. The van der Waals surface area contributed by atoms with Gasteiger partial charge in [-0.3, -0.25) is 4.98 Å². The first kappa shape index (κ1) is 15.7. The lowest BCUT2D eigenvalue weighted by molar-refractivity contribution is 0.298. The molecule has 0 aliphatic heterocycles. The predicted octanol–water partition coefficient (Wildman–Crippen LogP) is 3.73. The Morgan fingerprint density at radius 1 is 1.33 bits per heavy atom. The van der Waals surface area contributed by atoms with Crippen LogP contribution < -0.4 is 10.5 Å². The van der Waals surface area contributed by atoms with E-state index in [1.54, 1.807) is 18.3 Å². The van der Waals surface area contributed by atoms with Gasteiger partial charge in [-0.2, -0.15) is 0 Å². The SMILES string of the molecule is CCC(N)Cc1ccc(OCc2cccc(Cl)c2F)cn1. The minimum Gasteiger partial charge on any atom is -0.487 e.